The van der Waals surface area contributed by atoms with Gasteiger partial charge in [0.05, 0.1) is 0 Å². The quantitative estimate of drug-likeness (QED) is 0.583. The van der Waals surface area contributed by atoms with E-state index in [0.717, 1.165) is 0 Å². The van der Waals surface area contributed by atoms with E-state index in [2.05, 4.69) is 45.7 Å². The van der Waals surface area contributed by atoms with E-state index < -0.39 is 0 Å². The fourth-order valence-corrected chi connectivity index (χ4v) is 6.41. The number of hydrogen-bond acceptors (Lipinski definition) is 0. The van der Waals surface area contributed by atoms with Crippen LogP contribution in [0, 0.1) is 0 Å². The number of allylic oxidation sites excluding steroid dienone is 2. The molecule has 0 saturated carbocycles. The number of aromatic nitrogens is 1. The van der Waals surface area contributed by atoms with Crippen molar-refractivity contribution in [2.24, 2.45) is 0 Å². The number of halogens is 2. The van der Waals surface area contributed by atoms with Gasteiger partial charge < -0.3 is 0 Å². The monoisotopic (exact) mass is 424 g/mol. The van der Waals surface area contributed by atoms with Gasteiger partial charge in [-0.1, -0.05) is 0 Å². The summed E-state index contributed by atoms with van der Waals surface area (Å²) in [7, 11) is 0. The van der Waals surface area contributed by atoms with Crippen molar-refractivity contribution in [3.05, 3.63) is 34.7 Å². The fourth-order valence-electron chi connectivity index (χ4n) is 2.48. The molecule has 1 nitrogen and oxygen atoms in total. The summed E-state index contributed by atoms with van der Waals surface area (Å²) in [6.45, 7) is 0. The Morgan fingerprint density at radius 1 is 1.00 bits per heavy atom. The molecule has 0 fully saturated rings. The van der Waals surface area contributed by atoms with Crippen LogP contribution < -0.4 is 17.5 Å². The summed E-state index contributed by atoms with van der Waals surface area (Å²) in [6.07, 6.45) is 14.3. The summed E-state index contributed by atoms with van der Waals surface area (Å²) in [5.41, 5.74) is 6.32. The van der Waals surface area contributed by atoms with Crippen LogP contribution in [0.15, 0.2) is 12.2 Å². The maximum atomic E-state index is 2.57. The molecular weight excluding hydrogens is 412 g/mol. The minimum absolute atomic E-state index is 0.0970. The first kappa shape index (κ1) is 10.4. The van der Waals surface area contributed by atoms with Crippen molar-refractivity contribution in [3.8, 4) is 0 Å². The first-order valence-electron chi connectivity index (χ1n) is 5.28. The van der Waals surface area contributed by atoms with Crippen LogP contribution in [0.2, 0.25) is 0 Å². The van der Waals surface area contributed by atoms with Gasteiger partial charge in [0, 0.05) is 0 Å². The summed E-state index contributed by atoms with van der Waals surface area (Å²) in [5, 5.41) is 0. The second-order valence-corrected chi connectivity index (χ2v) is 7.73. The van der Waals surface area contributed by atoms with Crippen LogP contribution in [0.5, 0.6) is 0 Å². The van der Waals surface area contributed by atoms with Crippen LogP contribution >= 0.6 is 18.6 Å². The van der Waals surface area contributed by atoms with E-state index in [9.17, 15) is 0 Å². The Balaban J connectivity index is 2.27. The molecular formula is C12H12I2N-. The second kappa shape index (κ2) is 4.24. The van der Waals surface area contributed by atoms with E-state index in [-0.39, 0.29) is 17.5 Å². The standard InChI is InChI=1S/C12H12I2N/c13-14-15-11-7-3-1-5-9(11)10-6-2-4-8-12(10)15/h3-4,7-8H,1-2,5-6H2/q-1. The van der Waals surface area contributed by atoms with E-state index in [1.54, 1.807) is 11.1 Å². The van der Waals surface area contributed by atoms with Crippen molar-refractivity contribution in [1.82, 2.24) is 2.78 Å². The van der Waals surface area contributed by atoms with E-state index in [1.165, 1.54) is 37.1 Å². The van der Waals surface area contributed by atoms with E-state index >= 15 is 0 Å². The summed E-state index contributed by atoms with van der Waals surface area (Å²) in [4.78, 5) is 0. The van der Waals surface area contributed by atoms with Gasteiger partial charge in [0.25, 0.3) is 0 Å². The topological polar surface area (TPSA) is 4.93 Å². The van der Waals surface area contributed by atoms with Gasteiger partial charge in [0.15, 0.2) is 0 Å². The van der Waals surface area contributed by atoms with Gasteiger partial charge in [-0.3, -0.25) is 0 Å². The Labute approximate surface area is 110 Å². The molecule has 0 N–H and O–H groups in total. The third kappa shape index (κ3) is 1.62. The Morgan fingerprint density at radius 3 is 2.00 bits per heavy atom. The zero-order valence-electron chi connectivity index (χ0n) is 8.34. The van der Waals surface area contributed by atoms with Crippen molar-refractivity contribution >= 4 is 30.8 Å². The summed E-state index contributed by atoms with van der Waals surface area (Å²) >= 11 is 2.66. The molecule has 0 amide bonds. The molecule has 15 heavy (non-hydrogen) atoms. The number of nitrogens with zero attached hydrogens (tertiary/aromatic N) is 1. The maximum absolute atomic E-state index is 2.57. The molecule has 2 aliphatic carbocycles. The van der Waals surface area contributed by atoms with Crippen molar-refractivity contribution in [3.63, 3.8) is 0 Å². The van der Waals surface area contributed by atoms with Crippen LogP contribution in [0.3, 0.4) is 0 Å². The summed E-state index contributed by atoms with van der Waals surface area (Å²) < 4.78 is 2.56. The van der Waals surface area contributed by atoms with Gasteiger partial charge in [-0.05, 0) is 0 Å². The first-order chi connectivity index (χ1) is 7.42. The SMILES string of the molecule is I[I-]n1c2c(c3c1C=CCC3)CCC=C2. The van der Waals surface area contributed by atoms with Gasteiger partial charge in [-0.2, -0.15) is 0 Å². The fraction of sp³-hybridized carbons (Fsp3) is 0.333. The van der Waals surface area contributed by atoms with Crippen LogP contribution in [0.1, 0.15) is 35.4 Å². The zero-order chi connectivity index (χ0) is 10.3. The molecule has 0 atom stereocenters. The Hall–Kier alpha value is 0.220. The molecule has 1 aromatic heterocycles. The Kier molecular flexibility index (Phi) is 2.93. The number of fused-ring (bicyclic) bond motifs is 3. The summed E-state index contributed by atoms with van der Waals surface area (Å²) in [5.74, 6) is 0. The van der Waals surface area contributed by atoms with E-state index in [4.69, 9.17) is 0 Å². The predicted octanol–water partition coefficient (Wildman–Crippen LogP) is 0.609. The molecule has 2 aliphatic rings. The molecule has 0 radical (unpaired) electrons. The molecule has 3 heteroatoms. The van der Waals surface area contributed by atoms with Crippen LogP contribution in [-0.4, -0.2) is 2.78 Å². The van der Waals surface area contributed by atoms with Gasteiger partial charge in [0.2, 0.25) is 0 Å². The Bertz CT molecular complexity index is 415. The van der Waals surface area contributed by atoms with Crippen molar-refractivity contribution < 1.29 is 17.5 Å². The molecule has 0 aliphatic heterocycles. The molecule has 0 spiro atoms. The van der Waals surface area contributed by atoms with Gasteiger partial charge in [0.1, 0.15) is 0 Å². The van der Waals surface area contributed by atoms with Gasteiger partial charge >= 0.3 is 111 Å². The molecule has 3 rings (SSSR count). The third-order valence-electron chi connectivity index (χ3n) is 3.14. The summed E-state index contributed by atoms with van der Waals surface area (Å²) in [6, 6.07) is 0. The van der Waals surface area contributed by atoms with Gasteiger partial charge in [-0.15, -0.1) is 0 Å². The van der Waals surface area contributed by atoms with Crippen LogP contribution in [-0.2, 0) is 12.8 Å². The van der Waals surface area contributed by atoms with Crippen molar-refractivity contribution in [1.29, 1.82) is 0 Å². The molecule has 0 saturated heterocycles. The van der Waals surface area contributed by atoms with E-state index in [1.807, 2.05) is 0 Å². The van der Waals surface area contributed by atoms with Crippen LogP contribution in [0.25, 0.3) is 12.2 Å². The predicted molar refractivity (Wildman–Crippen MR) is 68.6 cm³/mol. The van der Waals surface area contributed by atoms with Crippen molar-refractivity contribution in [2.75, 3.05) is 0 Å². The molecule has 1 heterocycles. The third-order valence-corrected chi connectivity index (χ3v) is 6.99. The first-order valence-corrected chi connectivity index (χ1v) is 12.5. The molecule has 0 bridgehead atoms. The molecule has 0 aromatic carbocycles. The molecule has 1 aromatic rings. The molecule has 80 valence electrons. The Morgan fingerprint density at radius 2 is 1.53 bits per heavy atom. The van der Waals surface area contributed by atoms with Crippen LogP contribution in [0.4, 0.5) is 0 Å². The number of rotatable bonds is 1. The zero-order valence-corrected chi connectivity index (χ0v) is 12.7. The van der Waals surface area contributed by atoms with E-state index in [0.29, 0.717) is 0 Å². The average Bonchev–Trinajstić information content (AvgIpc) is 2.63. The number of hydrogen-bond donors (Lipinski definition) is 0. The molecule has 0 unspecified atom stereocenters. The normalized spacial score (nSPS) is 17.9. The van der Waals surface area contributed by atoms with Crippen molar-refractivity contribution in [2.45, 2.75) is 25.7 Å². The average molecular weight is 424 g/mol. The van der Waals surface area contributed by atoms with Gasteiger partial charge in [-0.25, -0.2) is 0 Å². The second-order valence-electron chi connectivity index (χ2n) is 3.95. The minimum atomic E-state index is 0.0970.